The lowest BCUT2D eigenvalue weighted by Crippen LogP contribution is -2.45. The largest absolute Gasteiger partial charge is 0.366 e. The van der Waals surface area contributed by atoms with E-state index in [0.717, 1.165) is 56.8 Å². The molecule has 1 aliphatic heterocycles. The molecule has 3 rings (SSSR count). The molecule has 1 aliphatic rings. The maximum atomic E-state index is 11.1. The van der Waals surface area contributed by atoms with Crippen molar-refractivity contribution in [3.8, 4) is 0 Å². The Labute approximate surface area is 147 Å². The van der Waals surface area contributed by atoms with Crippen molar-refractivity contribution in [3.63, 3.8) is 0 Å². The highest BCUT2D eigenvalue weighted by molar-refractivity contribution is 5.92. The van der Waals surface area contributed by atoms with Crippen LogP contribution in [-0.2, 0) is 19.5 Å². The quantitative estimate of drug-likeness (QED) is 0.790. The van der Waals surface area contributed by atoms with Crippen molar-refractivity contribution in [3.05, 3.63) is 47.1 Å². The number of aromatic nitrogens is 2. The molecule has 2 aromatic rings. The number of carbonyl (C=O) groups excluding carboxylic acids is 1. The molecule has 2 heterocycles. The summed E-state index contributed by atoms with van der Waals surface area (Å²) in [7, 11) is 0. The van der Waals surface area contributed by atoms with Gasteiger partial charge in [0, 0.05) is 31.1 Å². The van der Waals surface area contributed by atoms with E-state index in [1.54, 1.807) is 12.1 Å². The summed E-state index contributed by atoms with van der Waals surface area (Å²) in [5.74, 6) is 1.07. The third-order valence-corrected chi connectivity index (χ3v) is 4.52. The van der Waals surface area contributed by atoms with Gasteiger partial charge in [-0.3, -0.25) is 9.69 Å². The zero-order chi connectivity index (χ0) is 17.6. The van der Waals surface area contributed by atoms with Gasteiger partial charge in [0.25, 0.3) is 0 Å². The second kappa shape index (κ2) is 8.22. The van der Waals surface area contributed by atoms with Crippen molar-refractivity contribution in [2.24, 2.45) is 5.73 Å². The molecule has 25 heavy (non-hydrogen) atoms. The number of piperidine rings is 1. The van der Waals surface area contributed by atoms with Gasteiger partial charge in [-0.2, -0.15) is 4.98 Å². The van der Waals surface area contributed by atoms with Gasteiger partial charge < -0.3 is 15.6 Å². The highest BCUT2D eigenvalue weighted by Gasteiger charge is 2.21. The van der Waals surface area contributed by atoms with E-state index in [9.17, 15) is 4.79 Å². The number of likely N-dealkylation sites (tertiary alicyclic amines) is 1. The van der Waals surface area contributed by atoms with Crippen LogP contribution in [0.25, 0.3) is 0 Å². The number of primary amides is 1. The molecule has 1 amide bonds. The first kappa shape index (κ1) is 17.6. The van der Waals surface area contributed by atoms with Crippen LogP contribution in [0.5, 0.6) is 0 Å². The average Bonchev–Trinajstić information content (AvgIpc) is 3.08. The van der Waals surface area contributed by atoms with Crippen LogP contribution in [0.2, 0.25) is 0 Å². The SMILES string of the molecule is CCc1nc(CN2CCC[C@@H](NCc3ccc(C(N)=O)cc3)C2)no1. The van der Waals surface area contributed by atoms with Crippen molar-refractivity contribution in [2.75, 3.05) is 13.1 Å². The number of aryl methyl sites for hydroxylation is 1. The minimum atomic E-state index is -0.393. The smallest absolute Gasteiger partial charge is 0.248 e. The Morgan fingerprint density at radius 3 is 2.88 bits per heavy atom. The number of benzene rings is 1. The Morgan fingerprint density at radius 1 is 1.40 bits per heavy atom. The summed E-state index contributed by atoms with van der Waals surface area (Å²) in [6.07, 6.45) is 3.07. The summed E-state index contributed by atoms with van der Waals surface area (Å²) in [6, 6.07) is 7.86. The lowest BCUT2D eigenvalue weighted by Gasteiger charge is -2.32. The highest BCUT2D eigenvalue weighted by Crippen LogP contribution is 2.14. The number of carbonyl (C=O) groups is 1. The fourth-order valence-corrected chi connectivity index (χ4v) is 3.11. The molecule has 7 nitrogen and oxygen atoms in total. The number of rotatable bonds is 7. The number of hydrogen-bond acceptors (Lipinski definition) is 6. The molecular weight excluding hydrogens is 318 g/mol. The van der Waals surface area contributed by atoms with Gasteiger partial charge in [-0.25, -0.2) is 0 Å². The van der Waals surface area contributed by atoms with Gasteiger partial charge in [-0.15, -0.1) is 0 Å². The van der Waals surface area contributed by atoms with Crippen LogP contribution in [-0.4, -0.2) is 40.1 Å². The minimum Gasteiger partial charge on any atom is -0.366 e. The van der Waals surface area contributed by atoms with Gasteiger partial charge in [0.2, 0.25) is 11.8 Å². The molecule has 7 heteroatoms. The molecule has 1 aromatic carbocycles. The van der Waals surface area contributed by atoms with Gasteiger partial charge in [-0.1, -0.05) is 24.2 Å². The Morgan fingerprint density at radius 2 is 2.20 bits per heavy atom. The monoisotopic (exact) mass is 343 g/mol. The topological polar surface area (TPSA) is 97.3 Å². The molecule has 1 aromatic heterocycles. The molecule has 0 unspecified atom stereocenters. The molecule has 0 aliphatic carbocycles. The third kappa shape index (κ3) is 4.87. The van der Waals surface area contributed by atoms with Crippen molar-refractivity contribution in [2.45, 2.75) is 45.3 Å². The fraction of sp³-hybridized carbons (Fsp3) is 0.500. The van der Waals surface area contributed by atoms with Crippen molar-refractivity contribution in [1.29, 1.82) is 0 Å². The van der Waals surface area contributed by atoms with E-state index >= 15 is 0 Å². The van der Waals surface area contributed by atoms with Crippen molar-refractivity contribution in [1.82, 2.24) is 20.4 Å². The van der Waals surface area contributed by atoms with Gasteiger partial charge in [0.05, 0.1) is 6.54 Å². The van der Waals surface area contributed by atoms with Crippen LogP contribution in [0.3, 0.4) is 0 Å². The van der Waals surface area contributed by atoms with Crippen LogP contribution in [0.4, 0.5) is 0 Å². The summed E-state index contributed by atoms with van der Waals surface area (Å²) in [5, 5.41) is 7.63. The molecule has 0 radical (unpaired) electrons. The predicted molar refractivity (Wildman–Crippen MR) is 93.8 cm³/mol. The van der Waals surface area contributed by atoms with E-state index < -0.39 is 5.91 Å². The normalized spacial score (nSPS) is 18.4. The molecule has 1 fully saturated rings. The van der Waals surface area contributed by atoms with Gasteiger partial charge in [0.1, 0.15) is 0 Å². The summed E-state index contributed by atoms with van der Waals surface area (Å²) in [6.45, 7) is 5.54. The van der Waals surface area contributed by atoms with E-state index in [2.05, 4.69) is 20.4 Å². The number of nitrogens with zero attached hydrogens (tertiary/aromatic N) is 3. The van der Waals surface area contributed by atoms with E-state index in [-0.39, 0.29) is 0 Å². The molecule has 134 valence electrons. The minimum absolute atomic E-state index is 0.393. The average molecular weight is 343 g/mol. The Kier molecular flexibility index (Phi) is 5.78. The zero-order valence-electron chi connectivity index (χ0n) is 14.6. The fourth-order valence-electron chi connectivity index (χ4n) is 3.11. The number of hydrogen-bond donors (Lipinski definition) is 2. The van der Waals surface area contributed by atoms with Crippen molar-refractivity contribution < 1.29 is 9.32 Å². The third-order valence-electron chi connectivity index (χ3n) is 4.52. The van der Waals surface area contributed by atoms with E-state index in [1.807, 2.05) is 19.1 Å². The standard InChI is InChI=1S/C18H25N5O2/c1-2-17-21-16(22-25-17)12-23-9-3-4-15(11-23)20-10-13-5-7-14(8-6-13)18(19)24/h5-8,15,20H,2-4,9-12H2,1H3,(H2,19,24)/t15-/m1/s1. The van der Waals surface area contributed by atoms with Gasteiger partial charge in [0.15, 0.2) is 5.82 Å². The number of nitrogens with two attached hydrogens (primary N) is 1. The highest BCUT2D eigenvalue weighted by atomic mass is 16.5. The summed E-state index contributed by atoms with van der Waals surface area (Å²) >= 11 is 0. The first-order valence-corrected chi connectivity index (χ1v) is 8.80. The Bertz CT molecular complexity index is 698. The van der Waals surface area contributed by atoms with Crippen LogP contribution in [0.1, 0.15) is 47.4 Å². The molecule has 0 spiro atoms. The molecular formula is C18H25N5O2. The van der Waals surface area contributed by atoms with E-state index in [4.69, 9.17) is 10.3 Å². The zero-order valence-corrected chi connectivity index (χ0v) is 14.6. The van der Waals surface area contributed by atoms with Crippen LogP contribution in [0, 0.1) is 0 Å². The maximum Gasteiger partial charge on any atom is 0.248 e. The second-order valence-corrected chi connectivity index (χ2v) is 6.47. The summed E-state index contributed by atoms with van der Waals surface area (Å²) in [4.78, 5) is 17.9. The molecule has 0 saturated carbocycles. The first-order chi connectivity index (χ1) is 12.1. The van der Waals surface area contributed by atoms with E-state index in [0.29, 0.717) is 17.5 Å². The Balaban J connectivity index is 1.48. The van der Waals surface area contributed by atoms with Crippen LogP contribution in [0.15, 0.2) is 28.8 Å². The lowest BCUT2D eigenvalue weighted by atomic mass is 10.0. The summed E-state index contributed by atoms with van der Waals surface area (Å²) < 4.78 is 5.18. The van der Waals surface area contributed by atoms with Gasteiger partial charge in [-0.05, 0) is 37.1 Å². The number of amides is 1. The van der Waals surface area contributed by atoms with Crippen molar-refractivity contribution >= 4 is 5.91 Å². The van der Waals surface area contributed by atoms with Crippen LogP contribution < -0.4 is 11.1 Å². The molecule has 1 saturated heterocycles. The molecule has 1 atom stereocenters. The summed E-state index contributed by atoms with van der Waals surface area (Å²) in [5.41, 5.74) is 6.95. The van der Waals surface area contributed by atoms with Gasteiger partial charge >= 0.3 is 0 Å². The second-order valence-electron chi connectivity index (χ2n) is 6.47. The van der Waals surface area contributed by atoms with E-state index in [1.165, 1.54) is 0 Å². The molecule has 0 bridgehead atoms. The maximum absolute atomic E-state index is 11.1. The first-order valence-electron chi connectivity index (χ1n) is 8.80. The molecule has 3 N–H and O–H groups in total. The number of nitrogens with one attached hydrogen (secondary N) is 1. The lowest BCUT2D eigenvalue weighted by molar-refractivity contribution is 0.100. The van der Waals surface area contributed by atoms with Crippen LogP contribution >= 0.6 is 0 Å². The predicted octanol–water partition coefficient (Wildman–Crippen LogP) is 1.49. The Hall–Kier alpha value is -2.25.